The first kappa shape index (κ1) is 44.9. The van der Waals surface area contributed by atoms with E-state index in [2.05, 4.69) is 76.2 Å². The highest BCUT2D eigenvalue weighted by Crippen LogP contribution is 2.44. The van der Waals surface area contributed by atoms with E-state index in [9.17, 15) is 5.53 Å². The van der Waals surface area contributed by atoms with E-state index < -0.39 is 0 Å². The van der Waals surface area contributed by atoms with Gasteiger partial charge in [0, 0.05) is 22.3 Å². The Hall–Kier alpha value is -2.48. The molecule has 0 bridgehead atoms. The van der Waals surface area contributed by atoms with Gasteiger partial charge in [-0.3, -0.25) is 0 Å². The van der Waals surface area contributed by atoms with Crippen molar-refractivity contribution in [2.24, 2.45) is 0 Å². The van der Waals surface area contributed by atoms with Gasteiger partial charge in [0.15, 0.2) is 0 Å². The predicted octanol–water partition coefficient (Wildman–Crippen LogP) is 17.3. The lowest BCUT2D eigenvalue weighted by atomic mass is 9.91. The molecule has 0 aliphatic carbocycles. The van der Waals surface area contributed by atoms with Crippen LogP contribution in [0.5, 0.6) is 0 Å². The van der Waals surface area contributed by atoms with Gasteiger partial charge in [0.05, 0.1) is 0 Å². The van der Waals surface area contributed by atoms with E-state index >= 15 is 0 Å². The standard InChI is InChI=1S/C51H82N2/c1-5-9-13-15-16-17-18-19-20-21-22-23-24-25-26-27-31-35-49-48(34-30-14-10-6-2)50(46-40-36-44(37-41-46)32-28-11-7-3)53(52)51(49)47-42-38-45(39-43-47)33-29-12-8-4/h36-43H,5-35H2,1-4H3. The van der Waals surface area contributed by atoms with E-state index in [0.717, 1.165) is 48.2 Å². The van der Waals surface area contributed by atoms with Gasteiger partial charge in [-0.1, -0.05) is 200 Å². The predicted molar refractivity (Wildman–Crippen MR) is 234 cm³/mol. The smallest absolute Gasteiger partial charge is 0.211 e. The van der Waals surface area contributed by atoms with Crippen molar-refractivity contribution < 1.29 is 4.70 Å². The minimum absolute atomic E-state index is 1.03. The Labute approximate surface area is 329 Å². The normalized spacial score (nSPS) is 13.2. The minimum Gasteiger partial charge on any atom is -0.493 e. The van der Waals surface area contributed by atoms with Gasteiger partial charge in [0.2, 0.25) is 11.4 Å². The Kier molecular flexibility index (Phi) is 24.5. The van der Waals surface area contributed by atoms with E-state index in [1.54, 1.807) is 4.70 Å². The summed E-state index contributed by atoms with van der Waals surface area (Å²) in [7, 11) is 0. The zero-order valence-corrected chi connectivity index (χ0v) is 35.4. The fourth-order valence-electron chi connectivity index (χ4n) is 8.36. The van der Waals surface area contributed by atoms with Gasteiger partial charge in [-0.05, 0) is 86.8 Å². The Bertz CT molecular complexity index is 1290. The summed E-state index contributed by atoms with van der Waals surface area (Å²) in [6.07, 6.45) is 40.6. The molecule has 0 spiro atoms. The van der Waals surface area contributed by atoms with Crippen LogP contribution >= 0.6 is 0 Å². The minimum atomic E-state index is 1.03. The van der Waals surface area contributed by atoms with Crippen LogP contribution in [0.2, 0.25) is 0 Å². The summed E-state index contributed by atoms with van der Waals surface area (Å²) >= 11 is 0. The summed E-state index contributed by atoms with van der Waals surface area (Å²) < 4.78 is 1.59. The second-order valence-electron chi connectivity index (χ2n) is 16.5. The summed E-state index contributed by atoms with van der Waals surface area (Å²) in [5.41, 5.74) is 22.1. The SMILES string of the molecule is CCCCCCCCCCCCCCCCCCCC1=C(c2ccc(CCCCC)cc2)[N+](=[N-])C(c2ccc(CCCCC)cc2)=C1CCCCCC. The van der Waals surface area contributed by atoms with Crippen molar-refractivity contribution in [2.75, 3.05) is 0 Å². The van der Waals surface area contributed by atoms with Crippen LogP contribution in [-0.2, 0) is 12.8 Å². The molecule has 296 valence electrons. The van der Waals surface area contributed by atoms with Gasteiger partial charge in [-0.2, -0.15) is 0 Å². The fourth-order valence-corrected chi connectivity index (χ4v) is 8.36. The quantitative estimate of drug-likeness (QED) is 0.0518. The molecule has 0 amide bonds. The topological polar surface area (TPSA) is 25.3 Å². The van der Waals surface area contributed by atoms with Gasteiger partial charge in [0.25, 0.3) is 0 Å². The Balaban J connectivity index is 1.63. The van der Waals surface area contributed by atoms with E-state index in [4.69, 9.17) is 0 Å². The molecule has 2 aromatic carbocycles. The molecular weight excluding hydrogens is 641 g/mol. The number of hydrogen-bond donors (Lipinski definition) is 0. The fraction of sp³-hybridized carbons (Fsp3) is 0.686. The molecule has 0 fully saturated rings. The summed E-state index contributed by atoms with van der Waals surface area (Å²) in [4.78, 5) is 0. The molecule has 1 heterocycles. The highest BCUT2D eigenvalue weighted by atomic mass is 15.2. The Morgan fingerprint density at radius 2 is 0.566 bits per heavy atom. The highest BCUT2D eigenvalue weighted by molar-refractivity contribution is 5.82. The molecule has 0 aromatic heterocycles. The molecule has 0 saturated carbocycles. The molecule has 0 radical (unpaired) electrons. The lowest BCUT2D eigenvalue weighted by Crippen LogP contribution is -2.03. The van der Waals surface area contributed by atoms with E-state index in [-0.39, 0.29) is 0 Å². The van der Waals surface area contributed by atoms with Crippen LogP contribution in [0.1, 0.15) is 236 Å². The molecule has 2 aromatic rings. The molecule has 0 atom stereocenters. The molecule has 0 N–H and O–H groups in total. The van der Waals surface area contributed by atoms with Crippen molar-refractivity contribution in [1.29, 1.82) is 0 Å². The lowest BCUT2D eigenvalue weighted by Gasteiger charge is -2.11. The van der Waals surface area contributed by atoms with Crippen molar-refractivity contribution in [3.05, 3.63) is 87.5 Å². The number of benzene rings is 2. The first-order valence-electron chi connectivity index (χ1n) is 23.3. The third-order valence-corrected chi connectivity index (χ3v) is 11.8. The monoisotopic (exact) mass is 723 g/mol. The summed E-state index contributed by atoms with van der Waals surface area (Å²) in [5.74, 6) is 0. The number of nitrogens with zero attached hydrogens (tertiary/aromatic N) is 2. The number of allylic oxidation sites excluding steroid dienone is 2. The van der Waals surface area contributed by atoms with Gasteiger partial charge in [-0.15, -0.1) is 0 Å². The molecule has 0 unspecified atom stereocenters. The zero-order valence-electron chi connectivity index (χ0n) is 35.4. The van der Waals surface area contributed by atoms with Gasteiger partial charge in [-0.25, -0.2) is 4.70 Å². The van der Waals surface area contributed by atoms with Gasteiger partial charge < -0.3 is 5.53 Å². The van der Waals surface area contributed by atoms with E-state index in [0.29, 0.717) is 0 Å². The van der Waals surface area contributed by atoms with Crippen LogP contribution < -0.4 is 0 Å². The van der Waals surface area contributed by atoms with Crippen LogP contribution in [0.25, 0.3) is 16.9 Å². The molecule has 1 aliphatic rings. The molecule has 2 heteroatoms. The molecule has 3 rings (SSSR count). The van der Waals surface area contributed by atoms with Crippen LogP contribution in [0.3, 0.4) is 0 Å². The second-order valence-corrected chi connectivity index (χ2v) is 16.5. The summed E-state index contributed by atoms with van der Waals surface area (Å²) in [6.45, 7) is 9.15. The third-order valence-electron chi connectivity index (χ3n) is 11.8. The van der Waals surface area contributed by atoms with Crippen LogP contribution in [0.4, 0.5) is 0 Å². The van der Waals surface area contributed by atoms with Gasteiger partial charge in [0.1, 0.15) is 0 Å². The lowest BCUT2D eigenvalue weighted by molar-refractivity contribution is -0.345. The van der Waals surface area contributed by atoms with Gasteiger partial charge >= 0.3 is 0 Å². The highest BCUT2D eigenvalue weighted by Gasteiger charge is 2.35. The van der Waals surface area contributed by atoms with Crippen molar-refractivity contribution >= 4 is 11.4 Å². The summed E-state index contributed by atoms with van der Waals surface area (Å²) in [5, 5.41) is 0. The maximum atomic E-state index is 12.1. The second kappa shape index (κ2) is 28.9. The maximum absolute atomic E-state index is 12.1. The van der Waals surface area contributed by atoms with Crippen molar-refractivity contribution in [2.45, 2.75) is 227 Å². The number of unbranched alkanes of at least 4 members (excludes halogenated alkanes) is 23. The van der Waals surface area contributed by atoms with Crippen LogP contribution in [-0.4, -0.2) is 4.70 Å². The average molecular weight is 723 g/mol. The van der Waals surface area contributed by atoms with Crippen molar-refractivity contribution in [3.8, 4) is 0 Å². The third kappa shape index (κ3) is 17.2. The molecular formula is C51H82N2. The van der Waals surface area contributed by atoms with Crippen LogP contribution in [0, 0.1) is 0 Å². The first-order chi connectivity index (χ1) is 26.1. The Morgan fingerprint density at radius 1 is 0.321 bits per heavy atom. The van der Waals surface area contributed by atoms with Crippen LogP contribution in [0.15, 0.2) is 59.7 Å². The zero-order chi connectivity index (χ0) is 37.8. The van der Waals surface area contributed by atoms with Crippen molar-refractivity contribution in [1.82, 2.24) is 0 Å². The number of hydrogen-bond acceptors (Lipinski definition) is 0. The number of aryl methyl sites for hydroxylation is 2. The number of rotatable bonds is 33. The molecule has 53 heavy (non-hydrogen) atoms. The molecule has 1 aliphatic heterocycles. The van der Waals surface area contributed by atoms with E-state index in [1.807, 2.05) is 0 Å². The summed E-state index contributed by atoms with van der Waals surface area (Å²) in [6, 6.07) is 18.3. The Morgan fingerprint density at radius 3 is 0.887 bits per heavy atom. The largest absolute Gasteiger partial charge is 0.493 e. The first-order valence-corrected chi connectivity index (χ1v) is 23.3. The molecule has 0 saturated heterocycles. The maximum Gasteiger partial charge on any atom is 0.211 e. The molecule has 2 nitrogen and oxygen atoms in total. The van der Waals surface area contributed by atoms with E-state index in [1.165, 1.54) is 196 Å². The van der Waals surface area contributed by atoms with Crippen molar-refractivity contribution in [3.63, 3.8) is 0 Å². The average Bonchev–Trinajstić information content (AvgIpc) is 3.45.